The van der Waals surface area contributed by atoms with Crippen LogP contribution in [0.25, 0.3) is 0 Å². The Balaban J connectivity index is 2.32. The SMILES string of the molecule is CC(O)c1cc(Br)ccc1N1CCC(C)(C(N)=O)C1. The van der Waals surface area contributed by atoms with Gasteiger partial charge in [0.1, 0.15) is 0 Å². The number of rotatable bonds is 3. The Morgan fingerprint density at radius 3 is 2.79 bits per heavy atom. The number of hydrogen-bond acceptors (Lipinski definition) is 3. The smallest absolute Gasteiger partial charge is 0.225 e. The largest absolute Gasteiger partial charge is 0.389 e. The van der Waals surface area contributed by atoms with Gasteiger partial charge in [-0.3, -0.25) is 4.79 Å². The molecule has 0 radical (unpaired) electrons. The molecule has 0 aromatic heterocycles. The molecular weight excluding hydrogens is 308 g/mol. The Morgan fingerprint density at radius 2 is 2.26 bits per heavy atom. The minimum absolute atomic E-state index is 0.259. The van der Waals surface area contributed by atoms with Crippen molar-refractivity contribution in [1.29, 1.82) is 0 Å². The molecule has 0 bridgehead atoms. The van der Waals surface area contributed by atoms with Crippen molar-refractivity contribution in [2.75, 3.05) is 18.0 Å². The number of carbonyl (C=O) groups excluding carboxylic acids is 1. The molecule has 1 amide bonds. The van der Waals surface area contributed by atoms with Gasteiger partial charge in [-0.1, -0.05) is 15.9 Å². The molecule has 1 aromatic rings. The van der Waals surface area contributed by atoms with E-state index >= 15 is 0 Å². The van der Waals surface area contributed by atoms with E-state index in [1.54, 1.807) is 6.92 Å². The molecule has 19 heavy (non-hydrogen) atoms. The van der Waals surface area contributed by atoms with Gasteiger partial charge in [-0.05, 0) is 38.5 Å². The van der Waals surface area contributed by atoms with Crippen LogP contribution in [0.1, 0.15) is 31.9 Å². The molecule has 1 saturated heterocycles. The van der Waals surface area contributed by atoms with Crippen LogP contribution in [0.4, 0.5) is 5.69 Å². The molecule has 1 aromatic carbocycles. The molecule has 2 rings (SSSR count). The molecule has 0 spiro atoms. The highest BCUT2D eigenvalue weighted by Gasteiger charge is 2.39. The van der Waals surface area contributed by atoms with Gasteiger partial charge in [-0.2, -0.15) is 0 Å². The summed E-state index contributed by atoms with van der Waals surface area (Å²) in [7, 11) is 0. The molecule has 5 heteroatoms. The number of aliphatic hydroxyl groups excluding tert-OH is 1. The monoisotopic (exact) mass is 326 g/mol. The third-order valence-electron chi connectivity index (χ3n) is 3.85. The molecule has 104 valence electrons. The zero-order valence-corrected chi connectivity index (χ0v) is 12.8. The van der Waals surface area contributed by atoms with Crippen molar-refractivity contribution in [3.05, 3.63) is 28.2 Å². The second-order valence-corrected chi connectivity index (χ2v) is 6.39. The van der Waals surface area contributed by atoms with E-state index < -0.39 is 11.5 Å². The van der Waals surface area contributed by atoms with Gasteiger partial charge < -0.3 is 15.7 Å². The second kappa shape index (κ2) is 5.13. The lowest BCUT2D eigenvalue weighted by atomic mass is 9.89. The van der Waals surface area contributed by atoms with Crippen LogP contribution < -0.4 is 10.6 Å². The highest BCUT2D eigenvalue weighted by atomic mass is 79.9. The summed E-state index contributed by atoms with van der Waals surface area (Å²) in [6, 6.07) is 5.83. The molecule has 4 nitrogen and oxygen atoms in total. The van der Waals surface area contributed by atoms with Crippen molar-refractivity contribution in [3.63, 3.8) is 0 Å². The van der Waals surface area contributed by atoms with Gasteiger partial charge in [0.25, 0.3) is 0 Å². The molecule has 0 aliphatic carbocycles. The third-order valence-corrected chi connectivity index (χ3v) is 4.34. The summed E-state index contributed by atoms with van der Waals surface area (Å²) in [5, 5.41) is 9.89. The summed E-state index contributed by atoms with van der Waals surface area (Å²) in [6.45, 7) is 5.02. The third kappa shape index (κ3) is 2.77. The number of amides is 1. The first-order valence-corrected chi connectivity index (χ1v) is 7.15. The molecule has 1 heterocycles. The lowest BCUT2D eigenvalue weighted by molar-refractivity contribution is -0.125. The maximum atomic E-state index is 11.5. The Kier molecular flexibility index (Phi) is 3.87. The maximum absolute atomic E-state index is 11.5. The zero-order valence-electron chi connectivity index (χ0n) is 11.2. The molecule has 1 aliphatic rings. The zero-order chi connectivity index (χ0) is 14.2. The fraction of sp³-hybridized carbons (Fsp3) is 0.500. The average Bonchev–Trinajstić information content (AvgIpc) is 2.73. The van der Waals surface area contributed by atoms with E-state index in [0.717, 1.165) is 28.7 Å². The second-order valence-electron chi connectivity index (χ2n) is 5.48. The van der Waals surface area contributed by atoms with Crippen LogP contribution in [0, 0.1) is 5.41 Å². The van der Waals surface area contributed by atoms with Crippen molar-refractivity contribution in [2.45, 2.75) is 26.4 Å². The molecule has 1 aliphatic heterocycles. The topological polar surface area (TPSA) is 66.6 Å². The lowest BCUT2D eigenvalue weighted by Gasteiger charge is -2.25. The van der Waals surface area contributed by atoms with E-state index in [9.17, 15) is 9.90 Å². The van der Waals surface area contributed by atoms with Crippen molar-refractivity contribution < 1.29 is 9.90 Å². The van der Waals surface area contributed by atoms with Crippen molar-refractivity contribution in [1.82, 2.24) is 0 Å². The van der Waals surface area contributed by atoms with Gasteiger partial charge in [-0.25, -0.2) is 0 Å². The Hall–Kier alpha value is -1.07. The number of primary amides is 1. The Labute approximate surface area is 121 Å². The molecule has 3 N–H and O–H groups in total. The van der Waals surface area contributed by atoms with Crippen molar-refractivity contribution in [3.8, 4) is 0 Å². The minimum atomic E-state index is -0.548. The lowest BCUT2D eigenvalue weighted by Crippen LogP contribution is -2.37. The normalized spacial score (nSPS) is 24.5. The number of aliphatic hydroxyl groups is 1. The molecule has 2 atom stereocenters. The minimum Gasteiger partial charge on any atom is -0.389 e. The quantitative estimate of drug-likeness (QED) is 0.894. The van der Waals surface area contributed by atoms with Gasteiger partial charge in [0, 0.05) is 28.8 Å². The fourth-order valence-corrected chi connectivity index (χ4v) is 2.89. The number of nitrogens with zero attached hydrogens (tertiary/aromatic N) is 1. The van der Waals surface area contributed by atoms with E-state index in [1.165, 1.54) is 0 Å². The van der Waals surface area contributed by atoms with E-state index in [1.807, 2.05) is 25.1 Å². The van der Waals surface area contributed by atoms with Gasteiger partial charge in [0.2, 0.25) is 5.91 Å². The molecule has 1 fully saturated rings. The highest BCUT2D eigenvalue weighted by molar-refractivity contribution is 9.10. The molecular formula is C14H19BrN2O2. The summed E-state index contributed by atoms with van der Waals surface area (Å²) in [5.41, 5.74) is 6.83. The number of hydrogen-bond donors (Lipinski definition) is 2. The van der Waals surface area contributed by atoms with Crippen LogP contribution in [0.15, 0.2) is 22.7 Å². The van der Waals surface area contributed by atoms with Crippen molar-refractivity contribution in [2.24, 2.45) is 11.1 Å². The summed E-state index contributed by atoms with van der Waals surface area (Å²) in [5.74, 6) is -0.259. The fourth-order valence-electron chi connectivity index (χ4n) is 2.52. The maximum Gasteiger partial charge on any atom is 0.225 e. The summed E-state index contributed by atoms with van der Waals surface area (Å²) < 4.78 is 0.934. The van der Waals surface area contributed by atoms with E-state index in [4.69, 9.17) is 5.73 Å². The van der Waals surface area contributed by atoms with Crippen LogP contribution in [-0.4, -0.2) is 24.1 Å². The van der Waals surface area contributed by atoms with Crippen LogP contribution in [0.5, 0.6) is 0 Å². The van der Waals surface area contributed by atoms with Crippen LogP contribution in [-0.2, 0) is 4.79 Å². The summed E-state index contributed by atoms with van der Waals surface area (Å²) in [6.07, 6.45) is 0.199. The highest BCUT2D eigenvalue weighted by Crippen LogP contribution is 2.37. The first-order valence-electron chi connectivity index (χ1n) is 6.36. The van der Waals surface area contributed by atoms with Crippen molar-refractivity contribution >= 4 is 27.5 Å². The van der Waals surface area contributed by atoms with Gasteiger partial charge in [-0.15, -0.1) is 0 Å². The predicted octanol–water partition coefficient (Wildman–Crippen LogP) is 2.20. The molecule has 0 saturated carbocycles. The Bertz CT molecular complexity index is 504. The average molecular weight is 327 g/mol. The van der Waals surface area contributed by atoms with Crippen LogP contribution in [0.2, 0.25) is 0 Å². The predicted molar refractivity (Wildman–Crippen MR) is 78.9 cm³/mol. The first-order chi connectivity index (χ1) is 8.83. The number of nitrogens with two attached hydrogens (primary N) is 1. The van der Waals surface area contributed by atoms with Gasteiger partial charge in [0.15, 0.2) is 0 Å². The number of halogens is 1. The van der Waals surface area contributed by atoms with Gasteiger partial charge in [0.05, 0.1) is 11.5 Å². The number of benzene rings is 1. The Morgan fingerprint density at radius 1 is 1.58 bits per heavy atom. The standard InChI is InChI=1S/C14H19BrN2O2/c1-9(18)11-7-10(15)3-4-12(11)17-6-5-14(2,8-17)13(16)19/h3-4,7,9,18H,5-6,8H2,1-2H3,(H2,16,19). The van der Waals surface area contributed by atoms with Crippen LogP contribution >= 0.6 is 15.9 Å². The number of carbonyl (C=O) groups is 1. The summed E-state index contributed by atoms with van der Waals surface area (Å²) >= 11 is 3.42. The molecule has 2 unspecified atom stereocenters. The van der Waals surface area contributed by atoms with E-state index in [2.05, 4.69) is 20.8 Å². The van der Waals surface area contributed by atoms with E-state index in [0.29, 0.717) is 6.54 Å². The summed E-state index contributed by atoms with van der Waals surface area (Å²) in [4.78, 5) is 13.6. The van der Waals surface area contributed by atoms with Gasteiger partial charge >= 0.3 is 0 Å². The van der Waals surface area contributed by atoms with Crippen LogP contribution in [0.3, 0.4) is 0 Å². The number of anilines is 1. The van der Waals surface area contributed by atoms with E-state index in [-0.39, 0.29) is 5.91 Å². The first kappa shape index (κ1) is 14.3.